The molecule has 2 aliphatic rings. The Morgan fingerprint density at radius 1 is 1.27 bits per heavy atom. The minimum atomic E-state index is -0.204. The van der Waals surface area contributed by atoms with Gasteiger partial charge in [0.1, 0.15) is 0 Å². The van der Waals surface area contributed by atoms with Gasteiger partial charge in [-0.1, -0.05) is 6.92 Å². The first-order valence-electron chi connectivity index (χ1n) is 6.50. The summed E-state index contributed by atoms with van der Waals surface area (Å²) >= 11 is 0. The van der Waals surface area contributed by atoms with Crippen LogP contribution in [0.4, 0.5) is 0 Å². The van der Waals surface area contributed by atoms with Crippen molar-refractivity contribution in [1.82, 2.24) is 0 Å². The predicted octanol–water partition coefficient (Wildman–Crippen LogP) is 2.74. The Bertz CT molecular complexity index is 203. The zero-order valence-corrected chi connectivity index (χ0v) is 10.0. The second kappa shape index (κ2) is 4.42. The lowest BCUT2D eigenvalue weighted by Gasteiger charge is -2.42. The first kappa shape index (κ1) is 11.4. The molecular formula is C13H24O2. The molecule has 0 bridgehead atoms. The van der Waals surface area contributed by atoms with Crippen LogP contribution in [0.15, 0.2) is 0 Å². The standard InChI is InChI=1S/C13H24O2/c1-3-15-13(12(14)11-4-5-11)8-6-10(2)7-9-13/h10-12,14H,3-9H2,1-2H3. The first-order valence-corrected chi connectivity index (χ1v) is 6.50. The summed E-state index contributed by atoms with van der Waals surface area (Å²) in [4.78, 5) is 0. The van der Waals surface area contributed by atoms with Crippen molar-refractivity contribution in [2.45, 2.75) is 64.1 Å². The Balaban J connectivity index is 2.02. The first-order chi connectivity index (χ1) is 7.18. The van der Waals surface area contributed by atoms with E-state index < -0.39 is 0 Å². The summed E-state index contributed by atoms with van der Waals surface area (Å²) in [5.74, 6) is 1.34. The summed E-state index contributed by atoms with van der Waals surface area (Å²) in [5.41, 5.74) is -0.192. The number of ether oxygens (including phenoxy) is 1. The maximum Gasteiger partial charge on any atom is 0.0942 e. The van der Waals surface area contributed by atoms with Crippen molar-refractivity contribution < 1.29 is 9.84 Å². The minimum Gasteiger partial charge on any atom is -0.390 e. The zero-order chi connectivity index (χ0) is 10.9. The molecule has 0 aliphatic heterocycles. The largest absolute Gasteiger partial charge is 0.390 e. The molecule has 0 aromatic heterocycles. The summed E-state index contributed by atoms with van der Waals surface area (Å²) in [6.07, 6.45) is 6.73. The van der Waals surface area contributed by atoms with Gasteiger partial charge in [0.2, 0.25) is 0 Å². The lowest BCUT2D eigenvalue weighted by molar-refractivity contribution is -0.150. The van der Waals surface area contributed by atoms with Crippen LogP contribution in [0.1, 0.15) is 52.4 Å². The van der Waals surface area contributed by atoms with E-state index in [0.29, 0.717) is 5.92 Å². The molecule has 2 saturated carbocycles. The lowest BCUT2D eigenvalue weighted by atomic mass is 9.75. The van der Waals surface area contributed by atoms with E-state index in [9.17, 15) is 5.11 Å². The van der Waals surface area contributed by atoms with Crippen molar-refractivity contribution in [2.24, 2.45) is 11.8 Å². The molecule has 15 heavy (non-hydrogen) atoms. The Kier molecular flexibility index (Phi) is 3.36. The number of rotatable bonds is 4. The van der Waals surface area contributed by atoms with Crippen LogP contribution in [0.25, 0.3) is 0 Å². The number of aliphatic hydroxyl groups excluding tert-OH is 1. The van der Waals surface area contributed by atoms with Crippen molar-refractivity contribution in [2.75, 3.05) is 6.61 Å². The SMILES string of the molecule is CCOC1(C(O)C2CC2)CCC(C)CC1. The highest BCUT2D eigenvalue weighted by molar-refractivity contribution is 4.99. The van der Waals surface area contributed by atoms with Crippen LogP contribution in [-0.2, 0) is 4.74 Å². The Labute approximate surface area is 93.0 Å². The van der Waals surface area contributed by atoms with Gasteiger partial charge in [0.25, 0.3) is 0 Å². The molecule has 2 heteroatoms. The minimum absolute atomic E-state index is 0.192. The molecule has 0 aromatic carbocycles. The van der Waals surface area contributed by atoms with Gasteiger partial charge in [-0.05, 0) is 57.3 Å². The molecule has 0 radical (unpaired) electrons. The molecule has 0 amide bonds. The fraction of sp³-hybridized carbons (Fsp3) is 1.00. The van der Waals surface area contributed by atoms with Crippen LogP contribution in [0, 0.1) is 11.8 Å². The van der Waals surface area contributed by atoms with Gasteiger partial charge in [-0.15, -0.1) is 0 Å². The van der Waals surface area contributed by atoms with Crippen LogP contribution in [-0.4, -0.2) is 23.4 Å². The third-order valence-corrected chi connectivity index (χ3v) is 4.16. The molecule has 1 atom stereocenters. The van der Waals surface area contributed by atoms with Crippen LogP contribution < -0.4 is 0 Å². The van der Waals surface area contributed by atoms with Crippen molar-refractivity contribution in [1.29, 1.82) is 0 Å². The van der Waals surface area contributed by atoms with Gasteiger partial charge < -0.3 is 9.84 Å². The average Bonchev–Trinajstić information content (AvgIpc) is 3.05. The van der Waals surface area contributed by atoms with E-state index in [1.54, 1.807) is 0 Å². The fourth-order valence-corrected chi connectivity index (χ4v) is 2.91. The average molecular weight is 212 g/mol. The number of aliphatic hydroxyl groups is 1. The normalized spacial score (nSPS) is 39.0. The van der Waals surface area contributed by atoms with Crippen molar-refractivity contribution in [3.05, 3.63) is 0 Å². The molecule has 1 unspecified atom stereocenters. The van der Waals surface area contributed by atoms with E-state index in [1.807, 2.05) is 6.92 Å². The van der Waals surface area contributed by atoms with Crippen LogP contribution in [0.5, 0.6) is 0 Å². The van der Waals surface area contributed by atoms with Crippen LogP contribution >= 0.6 is 0 Å². The molecule has 2 rings (SSSR count). The summed E-state index contributed by atoms with van der Waals surface area (Å²) in [7, 11) is 0. The summed E-state index contributed by atoms with van der Waals surface area (Å²) < 4.78 is 5.93. The summed E-state index contributed by atoms with van der Waals surface area (Å²) in [5, 5.41) is 10.4. The molecule has 0 heterocycles. The van der Waals surface area contributed by atoms with Gasteiger partial charge in [0, 0.05) is 6.61 Å². The predicted molar refractivity (Wildman–Crippen MR) is 60.7 cm³/mol. The number of hydrogen-bond donors (Lipinski definition) is 1. The highest BCUT2D eigenvalue weighted by atomic mass is 16.5. The monoisotopic (exact) mass is 212 g/mol. The van der Waals surface area contributed by atoms with E-state index >= 15 is 0 Å². The maximum atomic E-state index is 10.4. The molecule has 0 aromatic rings. The van der Waals surface area contributed by atoms with E-state index in [-0.39, 0.29) is 11.7 Å². The Morgan fingerprint density at radius 2 is 1.87 bits per heavy atom. The Hall–Kier alpha value is -0.0800. The van der Waals surface area contributed by atoms with E-state index in [1.165, 1.54) is 25.7 Å². The van der Waals surface area contributed by atoms with Gasteiger partial charge in [-0.25, -0.2) is 0 Å². The van der Waals surface area contributed by atoms with E-state index in [2.05, 4.69) is 6.92 Å². The summed E-state index contributed by atoms with van der Waals surface area (Å²) in [6, 6.07) is 0. The van der Waals surface area contributed by atoms with Crippen LogP contribution in [0.3, 0.4) is 0 Å². The molecule has 0 spiro atoms. The summed E-state index contributed by atoms with van der Waals surface area (Å²) in [6.45, 7) is 5.08. The third-order valence-electron chi connectivity index (χ3n) is 4.16. The third kappa shape index (κ3) is 2.36. The molecule has 2 fully saturated rings. The zero-order valence-electron chi connectivity index (χ0n) is 10.0. The highest BCUT2D eigenvalue weighted by Crippen LogP contribution is 2.45. The van der Waals surface area contributed by atoms with Crippen LogP contribution in [0.2, 0.25) is 0 Å². The fourth-order valence-electron chi connectivity index (χ4n) is 2.91. The number of hydrogen-bond acceptors (Lipinski definition) is 2. The molecule has 2 aliphatic carbocycles. The molecular weight excluding hydrogens is 188 g/mol. The lowest BCUT2D eigenvalue weighted by Crippen LogP contribution is -2.48. The van der Waals surface area contributed by atoms with E-state index in [4.69, 9.17) is 4.74 Å². The quantitative estimate of drug-likeness (QED) is 0.776. The van der Waals surface area contributed by atoms with Gasteiger partial charge >= 0.3 is 0 Å². The maximum absolute atomic E-state index is 10.4. The molecule has 1 N–H and O–H groups in total. The van der Waals surface area contributed by atoms with Crippen molar-refractivity contribution in [3.63, 3.8) is 0 Å². The van der Waals surface area contributed by atoms with Gasteiger partial charge in [-0.2, -0.15) is 0 Å². The highest BCUT2D eigenvalue weighted by Gasteiger charge is 2.47. The van der Waals surface area contributed by atoms with Crippen molar-refractivity contribution in [3.8, 4) is 0 Å². The second-order valence-corrected chi connectivity index (χ2v) is 5.46. The molecule has 0 saturated heterocycles. The second-order valence-electron chi connectivity index (χ2n) is 5.46. The van der Waals surface area contributed by atoms with Crippen molar-refractivity contribution >= 4 is 0 Å². The van der Waals surface area contributed by atoms with Gasteiger partial charge in [0.15, 0.2) is 0 Å². The van der Waals surface area contributed by atoms with Gasteiger partial charge in [0.05, 0.1) is 11.7 Å². The molecule has 2 nitrogen and oxygen atoms in total. The van der Waals surface area contributed by atoms with E-state index in [0.717, 1.165) is 25.4 Å². The van der Waals surface area contributed by atoms with Gasteiger partial charge in [-0.3, -0.25) is 0 Å². The Morgan fingerprint density at radius 3 is 2.33 bits per heavy atom. The molecule has 88 valence electrons. The smallest absolute Gasteiger partial charge is 0.0942 e. The topological polar surface area (TPSA) is 29.5 Å².